The van der Waals surface area contributed by atoms with Gasteiger partial charge in [0.25, 0.3) is 0 Å². The predicted octanol–water partition coefficient (Wildman–Crippen LogP) is 10.6. The molecule has 0 radical (unpaired) electrons. The maximum absolute atomic E-state index is 5.26. The maximum atomic E-state index is 5.26. The van der Waals surface area contributed by atoms with Crippen LogP contribution in [-0.4, -0.2) is 14.1 Å². The van der Waals surface area contributed by atoms with E-state index in [2.05, 4.69) is 167 Å². The first-order valence-electron chi connectivity index (χ1n) is 15.0. The molecular weight excluding hydrogens is 534 g/mol. The molecular formula is C41H27N3. The van der Waals surface area contributed by atoms with Gasteiger partial charge in [-0.1, -0.05) is 127 Å². The van der Waals surface area contributed by atoms with Crippen molar-refractivity contribution in [1.82, 2.24) is 14.1 Å². The van der Waals surface area contributed by atoms with Gasteiger partial charge in [0.2, 0.25) is 0 Å². The van der Waals surface area contributed by atoms with Gasteiger partial charge in [-0.25, -0.2) is 4.98 Å². The summed E-state index contributed by atoms with van der Waals surface area (Å²) in [6.07, 6.45) is 0. The lowest BCUT2D eigenvalue weighted by Crippen LogP contribution is -2.01. The molecule has 0 aliphatic heterocycles. The Hall–Kier alpha value is -5.93. The molecule has 0 N–H and O–H groups in total. The quantitative estimate of drug-likeness (QED) is 0.210. The number of fused-ring (bicyclic) bond motifs is 7. The summed E-state index contributed by atoms with van der Waals surface area (Å²) >= 11 is 0. The minimum Gasteiger partial charge on any atom is -0.307 e. The summed E-state index contributed by atoms with van der Waals surface area (Å²) in [4.78, 5) is 5.26. The van der Waals surface area contributed by atoms with E-state index in [-0.39, 0.29) is 0 Å². The average molecular weight is 562 g/mol. The molecule has 44 heavy (non-hydrogen) atoms. The third kappa shape index (κ3) is 3.73. The second-order valence-corrected chi connectivity index (χ2v) is 11.2. The Morgan fingerprint density at radius 1 is 0.364 bits per heavy atom. The molecule has 3 nitrogen and oxygen atoms in total. The summed E-state index contributed by atoms with van der Waals surface area (Å²) in [5, 5.41) is 4.88. The molecule has 0 spiro atoms. The molecule has 9 rings (SSSR count). The van der Waals surface area contributed by atoms with Gasteiger partial charge < -0.3 is 4.57 Å². The van der Waals surface area contributed by atoms with Crippen LogP contribution in [0.2, 0.25) is 0 Å². The van der Waals surface area contributed by atoms with Crippen LogP contribution in [0.5, 0.6) is 0 Å². The number of para-hydroxylation sites is 2. The molecule has 3 heteroatoms. The summed E-state index contributed by atoms with van der Waals surface area (Å²) in [6, 6.07) is 58.2. The lowest BCUT2D eigenvalue weighted by Gasteiger charge is -2.14. The molecule has 3 heterocycles. The Balaban J connectivity index is 1.42. The van der Waals surface area contributed by atoms with Crippen LogP contribution in [0, 0.1) is 0 Å². The first-order chi connectivity index (χ1) is 21.8. The number of rotatable bonds is 4. The van der Waals surface area contributed by atoms with Crippen LogP contribution in [0.1, 0.15) is 0 Å². The van der Waals surface area contributed by atoms with E-state index >= 15 is 0 Å². The van der Waals surface area contributed by atoms with E-state index in [4.69, 9.17) is 4.98 Å². The highest BCUT2D eigenvalue weighted by atomic mass is 15.1. The van der Waals surface area contributed by atoms with Crippen LogP contribution in [0.15, 0.2) is 164 Å². The molecule has 0 fully saturated rings. The summed E-state index contributed by atoms with van der Waals surface area (Å²) in [6.45, 7) is 0. The zero-order valence-electron chi connectivity index (χ0n) is 23.9. The minimum atomic E-state index is 0.903. The number of nitrogens with zero attached hydrogens (tertiary/aromatic N) is 3. The lowest BCUT2D eigenvalue weighted by molar-refractivity contribution is 1.08. The number of pyridine rings is 1. The van der Waals surface area contributed by atoms with Gasteiger partial charge in [-0.2, -0.15) is 0 Å². The number of benzene rings is 6. The monoisotopic (exact) mass is 561 g/mol. The fraction of sp³-hybridized carbons (Fsp3) is 0. The van der Waals surface area contributed by atoms with Gasteiger partial charge in [0.1, 0.15) is 5.82 Å². The average Bonchev–Trinajstić information content (AvgIpc) is 3.62. The molecule has 9 aromatic rings. The van der Waals surface area contributed by atoms with E-state index in [0.717, 1.165) is 33.8 Å². The van der Waals surface area contributed by atoms with E-state index in [1.807, 2.05) is 6.07 Å². The third-order valence-electron chi connectivity index (χ3n) is 8.71. The SMILES string of the molecule is c1ccc(-c2cccc(-n3c4ccccc4c4ccc5c6ccccc6n(-c6cccc(-c7ccccc7)n6)c5c43)c2)cc1. The van der Waals surface area contributed by atoms with Crippen molar-refractivity contribution >= 4 is 43.6 Å². The molecule has 206 valence electrons. The lowest BCUT2D eigenvalue weighted by atomic mass is 10.1. The number of hydrogen-bond donors (Lipinski definition) is 0. The van der Waals surface area contributed by atoms with Crippen LogP contribution in [0.4, 0.5) is 0 Å². The molecule has 0 aliphatic carbocycles. The smallest absolute Gasteiger partial charge is 0.138 e. The van der Waals surface area contributed by atoms with Gasteiger partial charge in [0.05, 0.1) is 27.8 Å². The Labute approximate surface area is 254 Å². The van der Waals surface area contributed by atoms with Crippen LogP contribution in [0.3, 0.4) is 0 Å². The van der Waals surface area contributed by atoms with Gasteiger partial charge >= 0.3 is 0 Å². The van der Waals surface area contributed by atoms with E-state index in [1.54, 1.807) is 0 Å². The highest BCUT2D eigenvalue weighted by molar-refractivity contribution is 6.23. The van der Waals surface area contributed by atoms with Crippen molar-refractivity contribution in [2.45, 2.75) is 0 Å². The van der Waals surface area contributed by atoms with Gasteiger partial charge in [-0.05, 0) is 47.5 Å². The van der Waals surface area contributed by atoms with Crippen LogP contribution in [0.25, 0.3) is 77.5 Å². The first kappa shape index (κ1) is 24.6. The molecule has 0 amide bonds. The Morgan fingerprint density at radius 3 is 1.61 bits per heavy atom. The number of hydrogen-bond acceptors (Lipinski definition) is 1. The van der Waals surface area contributed by atoms with Gasteiger partial charge in [-0.3, -0.25) is 4.57 Å². The predicted molar refractivity (Wildman–Crippen MR) is 184 cm³/mol. The molecule has 0 atom stereocenters. The fourth-order valence-corrected chi connectivity index (χ4v) is 6.78. The van der Waals surface area contributed by atoms with E-state index in [0.29, 0.717) is 0 Å². The Kier molecular flexibility index (Phi) is 5.50. The van der Waals surface area contributed by atoms with Crippen LogP contribution in [-0.2, 0) is 0 Å². The minimum absolute atomic E-state index is 0.903. The maximum Gasteiger partial charge on any atom is 0.138 e. The van der Waals surface area contributed by atoms with Crippen LogP contribution >= 0.6 is 0 Å². The summed E-state index contributed by atoms with van der Waals surface area (Å²) < 4.78 is 4.80. The second kappa shape index (κ2) is 9.82. The molecule has 0 saturated carbocycles. The highest BCUT2D eigenvalue weighted by Gasteiger charge is 2.21. The standard InChI is InChI=1S/C41H27N3/c1-3-13-28(14-4-1)30-17-11-18-31(27-30)43-37-22-9-7-19-32(37)34-25-26-35-33-20-8-10-23-38(33)44(41(35)40(34)43)39-24-12-21-36(42-39)29-15-5-2-6-16-29/h1-27H. The highest BCUT2D eigenvalue weighted by Crippen LogP contribution is 2.41. The van der Waals surface area contributed by atoms with Crippen molar-refractivity contribution in [2.75, 3.05) is 0 Å². The van der Waals surface area contributed by atoms with Crippen molar-refractivity contribution in [3.05, 3.63) is 164 Å². The largest absolute Gasteiger partial charge is 0.307 e. The first-order valence-corrected chi connectivity index (χ1v) is 15.0. The zero-order valence-corrected chi connectivity index (χ0v) is 23.9. The van der Waals surface area contributed by atoms with Crippen LogP contribution < -0.4 is 0 Å². The van der Waals surface area contributed by atoms with Crippen molar-refractivity contribution in [2.24, 2.45) is 0 Å². The summed E-state index contributed by atoms with van der Waals surface area (Å²) in [5.74, 6) is 0.903. The number of aromatic nitrogens is 3. The van der Waals surface area contributed by atoms with Crippen molar-refractivity contribution in [3.63, 3.8) is 0 Å². The topological polar surface area (TPSA) is 22.8 Å². The molecule has 3 aromatic heterocycles. The normalized spacial score (nSPS) is 11.6. The summed E-state index contributed by atoms with van der Waals surface area (Å²) in [7, 11) is 0. The molecule has 0 aliphatic rings. The van der Waals surface area contributed by atoms with Crippen molar-refractivity contribution in [1.29, 1.82) is 0 Å². The molecule has 0 unspecified atom stereocenters. The van der Waals surface area contributed by atoms with Crippen molar-refractivity contribution < 1.29 is 0 Å². The van der Waals surface area contributed by atoms with Gasteiger partial charge in [0, 0.05) is 32.8 Å². The molecule has 0 bridgehead atoms. The Bertz CT molecular complexity index is 2310. The second-order valence-electron chi connectivity index (χ2n) is 11.2. The summed E-state index contributed by atoms with van der Waals surface area (Å²) in [5.41, 5.74) is 10.2. The van der Waals surface area contributed by atoms with E-state index in [1.165, 1.54) is 43.7 Å². The van der Waals surface area contributed by atoms with E-state index in [9.17, 15) is 0 Å². The third-order valence-corrected chi connectivity index (χ3v) is 8.71. The van der Waals surface area contributed by atoms with Crippen molar-refractivity contribution in [3.8, 4) is 33.9 Å². The molecule has 0 saturated heterocycles. The molecule has 6 aromatic carbocycles. The van der Waals surface area contributed by atoms with Gasteiger partial charge in [-0.15, -0.1) is 0 Å². The Morgan fingerprint density at radius 2 is 0.909 bits per heavy atom. The fourth-order valence-electron chi connectivity index (χ4n) is 6.78. The van der Waals surface area contributed by atoms with E-state index < -0.39 is 0 Å². The van der Waals surface area contributed by atoms with Gasteiger partial charge in [0.15, 0.2) is 0 Å². The zero-order chi connectivity index (χ0) is 29.0.